The predicted octanol–water partition coefficient (Wildman–Crippen LogP) is 3.06. The molecule has 0 aliphatic rings. The molecule has 0 heterocycles. The van der Waals surface area contributed by atoms with Crippen LogP contribution in [0.25, 0.3) is 0 Å². The number of halogens is 3. The molecule has 7 nitrogen and oxygen atoms in total. The first-order valence-electron chi connectivity index (χ1n) is 9.21. The molecular weight excluding hydrogens is 437 g/mol. The summed E-state index contributed by atoms with van der Waals surface area (Å²) in [6.07, 6.45) is 0. The van der Waals surface area contributed by atoms with Crippen molar-refractivity contribution in [2.45, 2.75) is 37.9 Å². The molecule has 0 radical (unpaired) electrons. The molecule has 0 aromatic heterocycles. The molecule has 170 valence electrons. The molecule has 0 aliphatic carbocycles. The monoisotopic (exact) mass is 460 g/mol. The van der Waals surface area contributed by atoms with Gasteiger partial charge in [-0.1, -0.05) is 32.0 Å². The molecule has 0 saturated heterocycles. The SMILES string of the molecule is COc1cc(CNC(=O)[C@@H](NS(=O)(=O)c2ccccc2F)C(C)C)ccc1OC(F)F. The van der Waals surface area contributed by atoms with E-state index in [-0.39, 0.29) is 18.0 Å². The average Bonchev–Trinajstić information content (AvgIpc) is 2.70. The second kappa shape index (κ2) is 10.5. The number of rotatable bonds is 10. The maximum atomic E-state index is 13.9. The third-order valence-corrected chi connectivity index (χ3v) is 5.74. The molecule has 2 aromatic carbocycles. The van der Waals surface area contributed by atoms with Crippen molar-refractivity contribution in [2.24, 2.45) is 5.92 Å². The first-order valence-corrected chi connectivity index (χ1v) is 10.7. The summed E-state index contributed by atoms with van der Waals surface area (Å²) in [5, 5.41) is 2.58. The lowest BCUT2D eigenvalue weighted by molar-refractivity contribution is -0.123. The third kappa shape index (κ3) is 6.59. The molecule has 0 fully saturated rings. The van der Waals surface area contributed by atoms with Crippen LogP contribution in [-0.4, -0.2) is 34.1 Å². The van der Waals surface area contributed by atoms with E-state index >= 15 is 0 Å². The first-order chi connectivity index (χ1) is 14.5. The van der Waals surface area contributed by atoms with Gasteiger partial charge in [0.25, 0.3) is 0 Å². The van der Waals surface area contributed by atoms with Crippen molar-refractivity contribution in [3.8, 4) is 11.5 Å². The highest BCUT2D eigenvalue weighted by atomic mass is 32.2. The Morgan fingerprint density at radius 3 is 2.35 bits per heavy atom. The van der Waals surface area contributed by atoms with Crippen LogP contribution in [0.4, 0.5) is 13.2 Å². The summed E-state index contributed by atoms with van der Waals surface area (Å²) in [4.78, 5) is 12.1. The number of nitrogens with one attached hydrogen (secondary N) is 2. The molecule has 11 heteroatoms. The number of alkyl halides is 2. The highest BCUT2D eigenvalue weighted by Gasteiger charge is 2.29. The van der Waals surface area contributed by atoms with Gasteiger partial charge in [-0.3, -0.25) is 4.79 Å². The predicted molar refractivity (Wildman–Crippen MR) is 107 cm³/mol. The number of benzene rings is 2. The van der Waals surface area contributed by atoms with E-state index in [1.165, 1.54) is 37.4 Å². The van der Waals surface area contributed by atoms with Crippen molar-refractivity contribution in [3.63, 3.8) is 0 Å². The van der Waals surface area contributed by atoms with Crippen molar-refractivity contribution >= 4 is 15.9 Å². The summed E-state index contributed by atoms with van der Waals surface area (Å²) in [5.74, 6) is -2.13. The molecule has 2 rings (SSSR count). The standard InChI is InChI=1S/C20H23F3N2O5S/c1-12(2)18(25-31(27,28)17-7-5-4-6-14(17)21)19(26)24-11-13-8-9-15(30-20(22)23)16(10-13)29-3/h4-10,12,18,20,25H,11H2,1-3H3,(H,24,26)/t18-/m0/s1. The largest absolute Gasteiger partial charge is 0.493 e. The van der Waals surface area contributed by atoms with E-state index in [9.17, 15) is 26.4 Å². The number of amides is 1. The van der Waals surface area contributed by atoms with Gasteiger partial charge >= 0.3 is 6.61 Å². The van der Waals surface area contributed by atoms with Crippen molar-refractivity contribution < 1.29 is 35.9 Å². The Kier molecular flexibility index (Phi) is 8.28. The van der Waals surface area contributed by atoms with Gasteiger partial charge in [0.1, 0.15) is 16.8 Å². The van der Waals surface area contributed by atoms with Crippen molar-refractivity contribution in [3.05, 3.63) is 53.8 Å². The minimum absolute atomic E-state index is 0.0329. The molecule has 0 spiro atoms. The lowest BCUT2D eigenvalue weighted by Crippen LogP contribution is -2.49. The molecule has 2 N–H and O–H groups in total. The van der Waals surface area contributed by atoms with E-state index in [1.54, 1.807) is 13.8 Å². The van der Waals surface area contributed by atoms with E-state index in [1.807, 2.05) is 0 Å². The van der Waals surface area contributed by atoms with Crippen LogP contribution in [0.2, 0.25) is 0 Å². The number of carbonyl (C=O) groups excluding carboxylic acids is 1. The lowest BCUT2D eigenvalue weighted by Gasteiger charge is -2.22. The highest BCUT2D eigenvalue weighted by Crippen LogP contribution is 2.29. The van der Waals surface area contributed by atoms with Gasteiger partial charge in [-0.2, -0.15) is 13.5 Å². The van der Waals surface area contributed by atoms with Crippen LogP contribution in [0, 0.1) is 11.7 Å². The van der Waals surface area contributed by atoms with Gasteiger partial charge in [-0.15, -0.1) is 0 Å². The van der Waals surface area contributed by atoms with E-state index < -0.39 is 45.2 Å². The van der Waals surface area contributed by atoms with Crippen molar-refractivity contribution in [2.75, 3.05) is 7.11 Å². The van der Waals surface area contributed by atoms with Crippen LogP contribution < -0.4 is 19.5 Å². The van der Waals surface area contributed by atoms with Crippen LogP contribution in [0.1, 0.15) is 19.4 Å². The number of carbonyl (C=O) groups is 1. The Bertz CT molecular complexity index is 1020. The lowest BCUT2D eigenvalue weighted by atomic mass is 10.0. The molecule has 0 unspecified atom stereocenters. The summed E-state index contributed by atoms with van der Waals surface area (Å²) in [5.41, 5.74) is 0.506. The maximum Gasteiger partial charge on any atom is 0.387 e. The summed E-state index contributed by atoms with van der Waals surface area (Å²) in [6, 6.07) is 7.79. The molecule has 1 atom stereocenters. The third-order valence-electron chi connectivity index (χ3n) is 4.27. The van der Waals surface area contributed by atoms with E-state index in [0.29, 0.717) is 5.56 Å². The van der Waals surface area contributed by atoms with E-state index in [4.69, 9.17) is 4.74 Å². The topological polar surface area (TPSA) is 93.7 Å². The van der Waals surface area contributed by atoms with Crippen LogP contribution >= 0.6 is 0 Å². The zero-order chi connectivity index (χ0) is 23.2. The Morgan fingerprint density at radius 2 is 1.77 bits per heavy atom. The summed E-state index contributed by atoms with van der Waals surface area (Å²) in [7, 11) is -3.00. The summed E-state index contributed by atoms with van der Waals surface area (Å²) < 4.78 is 75.4. The molecule has 31 heavy (non-hydrogen) atoms. The Hall–Kier alpha value is -2.79. The molecular formula is C20H23F3N2O5S. The Labute approximate surface area is 178 Å². The van der Waals surface area contributed by atoms with Gasteiger partial charge in [0, 0.05) is 6.54 Å². The smallest absolute Gasteiger partial charge is 0.387 e. The molecule has 2 aromatic rings. The fourth-order valence-electron chi connectivity index (χ4n) is 2.70. The number of methoxy groups -OCH3 is 1. The molecule has 0 saturated carbocycles. The van der Waals surface area contributed by atoms with Crippen molar-refractivity contribution in [1.82, 2.24) is 10.0 Å². The zero-order valence-corrected chi connectivity index (χ0v) is 17.9. The van der Waals surface area contributed by atoms with Gasteiger partial charge in [-0.25, -0.2) is 12.8 Å². The molecule has 0 bridgehead atoms. The highest BCUT2D eigenvalue weighted by molar-refractivity contribution is 7.89. The number of ether oxygens (including phenoxy) is 2. The summed E-state index contributed by atoms with van der Waals surface area (Å²) in [6.45, 7) is 0.212. The minimum atomic E-state index is -4.28. The number of hydrogen-bond acceptors (Lipinski definition) is 5. The first kappa shape index (κ1) is 24.5. The fraction of sp³-hybridized carbons (Fsp3) is 0.350. The average molecular weight is 460 g/mol. The van der Waals surface area contributed by atoms with Crippen LogP contribution in [0.15, 0.2) is 47.4 Å². The van der Waals surface area contributed by atoms with Crippen LogP contribution in [-0.2, 0) is 21.4 Å². The van der Waals surface area contributed by atoms with Crippen LogP contribution in [0.5, 0.6) is 11.5 Å². The number of hydrogen-bond donors (Lipinski definition) is 2. The normalized spacial score (nSPS) is 12.6. The fourth-order valence-corrected chi connectivity index (χ4v) is 4.12. The zero-order valence-electron chi connectivity index (χ0n) is 17.1. The second-order valence-electron chi connectivity index (χ2n) is 6.85. The van der Waals surface area contributed by atoms with Gasteiger partial charge in [0.15, 0.2) is 11.5 Å². The Balaban J connectivity index is 2.12. The van der Waals surface area contributed by atoms with Gasteiger partial charge in [-0.05, 0) is 35.7 Å². The minimum Gasteiger partial charge on any atom is -0.493 e. The molecule has 1 amide bonds. The van der Waals surface area contributed by atoms with E-state index in [2.05, 4.69) is 14.8 Å². The van der Waals surface area contributed by atoms with Crippen LogP contribution in [0.3, 0.4) is 0 Å². The van der Waals surface area contributed by atoms with Gasteiger partial charge in [0.05, 0.1) is 7.11 Å². The number of sulfonamides is 1. The van der Waals surface area contributed by atoms with Gasteiger partial charge < -0.3 is 14.8 Å². The Morgan fingerprint density at radius 1 is 1.10 bits per heavy atom. The maximum absolute atomic E-state index is 13.9. The van der Waals surface area contributed by atoms with E-state index in [0.717, 1.165) is 12.1 Å². The second-order valence-corrected chi connectivity index (χ2v) is 8.54. The summed E-state index contributed by atoms with van der Waals surface area (Å²) >= 11 is 0. The van der Waals surface area contributed by atoms with Gasteiger partial charge in [0.2, 0.25) is 15.9 Å². The van der Waals surface area contributed by atoms with Crippen molar-refractivity contribution in [1.29, 1.82) is 0 Å². The molecule has 0 aliphatic heterocycles. The quantitative estimate of drug-likeness (QED) is 0.569.